The van der Waals surface area contributed by atoms with Gasteiger partial charge in [-0.2, -0.15) is 0 Å². The van der Waals surface area contributed by atoms with Gasteiger partial charge >= 0.3 is 5.97 Å². The second-order valence-electron chi connectivity index (χ2n) is 4.69. The number of amides is 1. The van der Waals surface area contributed by atoms with Gasteiger partial charge in [0.05, 0.1) is 22.2 Å². The summed E-state index contributed by atoms with van der Waals surface area (Å²) >= 11 is 5.95. The molecule has 0 aromatic heterocycles. The summed E-state index contributed by atoms with van der Waals surface area (Å²) in [4.78, 5) is 22.8. The molecule has 1 aromatic rings. The number of carboxylic acid groups (broad SMARTS) is 1. The summed E-state index contributed by atoms with van der Waals surface area (Å²) in [7, 11) is 0. The molecule has 0 aliphatic heterocycles. The van der Waals surface area contributed by atoms with Crippen molar-refractivity contribution in [2.45, 2.75) is 25.3 Å². The van der Waals surface area contributed by atoms with E-state index < -0.39 is 5.97 Å². The standard InChI is InChI=1S/C13H15ClN2O3/c14-9-6-7(13(18)19)4-5-11(9)16-12(17)8-2-1-3-10(8)15/h4-6,8,10H,1-3,15H2,(H,16,17)(H,18,19). The minimum atomic E-state index is -1.06. The Morgan fingerprint density at radius 2 is 2.11 bits per heavy atom. The number of rotatable bonds is 3. The molecule has 6 heteroatoms. The minimum absolute atomic E-state index is 0.0839. The summed E-state index contributed by atoms with van der Waals surface area (Å²) in [5.74, 6) is -1.41. The van der Waals surface area contributed by atoms with Gasteiger partial charge in [0.15, 0.2) is 0 Å². The number of halogens is 1. The lowest BCUT2D eigenvalue weighted by Crippen LogP contribution is -2.34. The molecule has 0 radical (unpaired) electrons. The zero-order valence-corrected chi connectivity index (χ0v) is 11.0. The lowest BCUT2D eigenvalue weighted by molar-refractivity contribution is -0.120. The molecule has 2 unspecified atom stereocenters. The van der Waals surface area contributed by atoms with Crippen molar-refractivity contribution in [3.63, 3.8) is 0 Å². The van der Waals surface area contributed by atoms with E-state index in [4.69, 9.17) is 22.4 Å². The normalized spacial score (nSPS) is 22.2. The maximum atomic E-state index is 12.0. The van der Waals surface area contributed by atoms with Gasteiger partial charge in [0, 0.05) is 6.04 Å². The molecule has 2 rings (SSSR count). The fourth-order valence-corrected chi connectivity index (χ4v) is 2.52. The number of hydrogen-bond donors (Lipinski definition) is 3. The molecule has 1 aromatic carbocycles. The molecule has 0 saturated heterocycles. The third-order valence-electron chi connectivity index (χ3n) is 3.38. The highest BCUT2D eigenvalue weighted by Crippen LogP contribution is 2.28. The highest BCUT2D eigenvalue weighted by atomic mass is 35.5. The van der Waals surface area contributed by atoms with Crippen LogP contribution < -0.4 is 11.1 Å². The predicted octanol–water partition coefficient (Wildman–Crippen LogP) is 2.10. The van der Waals surface area contributed by atoms with Crippen LogP contribution in [0.5, 0.6) is 0 Å². The summed E-state index contributed by atoms with van der Waals surface area (Å²) in [5.41, 5.74) is 6.36. The number of carboxylic acids is 1. The van der Waals surface area contributed by atoms with Gasteiger partial charge in [0.1, 0.15) is 0 Å². The Bertz CT molecular complexity index is 519. The van der Waals surface area contributed by atoms with Crippen LogP contribution in [0.15, 0.2) is 18.2 Å². The predicted molar refractivity (Wildman–Crippen MR) is 72.4 cm³/mol. The van der Waals surface area contributed by atoms with Gasteiger partial charge in [-0.3, -0.25) is 4.79 Å². The summed E-state index contributed by atoms with van der Waals surface area (Å²) < 4.78 is 0. The van der Waals surface area contributed by atoms with Crippen LogP contribution in [0, 0.1) is 5.92 Å². The molecule has 5 nitrogen and oxygen atoms in total. The third-order valence-corrected chi connectivity index (χ3v) is 3.69. The second-order valence-corrected chi connectivity index (χ2v) is 5.10. The molecule has 0 bridgehead atoms. The van der Waals surface area contributed by atoms with Crippen LogP contribution in [0.3, 0.4) is 0 Å². The number of nitrogens with two attached hydrogens (primary N) is 1. The maximum absolute atomic E-state index is 12.0. The molecular formula is C13H15ClN2O3. The van der Waals surface area contributed by atoms with Crippen LogP contribution in [0.4, 0.5) is 5.69 Å². The first-order valence-electron chi connectivity index (χ1n) is 6.08. The molecule has 4 N–H and O–H groups in total. The first-order chi connectivity index (χ1) is 8.99. The van der Waals surface area contributed by atoms with E-state index in [2.05, 4.69) is 5.32 Å². The van der Waals surface area contributed by atoms with Gasteiger partial charge < -0.3 is 16.2 Å². The second kappa shape index (κ2) is 5.59. The van der Waals surface area contributed by atoms with Crippen LogP contribution >= 0.6 is 11.6 Å². The molecule has 1 aliphatic carbocycles. The molecule has 1 saturated carbocycles. The van der Waals surface area contributed by atoms with Crippen molar-refractivity contribution in [1.82, 2.24) is 0 Å². The first-order valence-corrected chi connectivity index (χ1v) is 6.46. The number of aromatic carboxylic acids is 1. The Balaban J connectivity index is 2.11. The molecule has 1 fully saturated rings. The summed E-state index contributed by atoms with van der Waals surface area (Å²) in [6.45, 7) is 0. The highest BCUT2D eigenvalue weighted by Gasteiger charge is 2.30. The number of carbonyl (C=O) groups excluding carboxylic acids is 1. The highest BCUT2D eigenvalue weighted by molar-refractivity contribution is 6.34. The molecule has 1 aliphatic rings. The van der Waals surface area contributed by atoms with E-state index in [-0.39, 0.29) is 28.5 Å². The minimum Gasteiger partial charge on any atom is -0.478 e. The van der Waals surface area contributed by atoms with Gasteiger partial charge in [0.2, 0.25) is 5.91 Å². The summed E-state index contributed by atoms with van der Waals surface area (Å²) in [5, 5.41) is 11.7. The molecule has 2 atom stereocenters. The van der Waals surface area contributed by atoms with Crippen LogP contribution in [0.1, 0.15) is 29.6 Å². The van der Waals surface area contributed by atoms with Crippen molar-refractivity contribution in [2.24, 2.45) is 11.7 Å². The molecule has 0 heterocycles. The van der Waals surface area contributed by atoms with Crippen LogP contribution in [-0.2, 0) is 4.79 Å². The Kier molecular flexibility index (Phi) is 4.07. The molecule has 1 amide bonds. The van der Waals surface area contributed by atoms with E-state index in [1.165, 1.54) is 18.2 Å². The summed E-state index contributed by atoms with van der Waals surface area (Å²) in [6, 6.07) is 4.09. The quantitative estimate of drug-likeness (QED) is 0.791. The SMILES string of the molecule is NC1CCCC1C(=O)Nc1ccc(C(=O)O)cc1Cl. The molecule has 102 valence electrons. The Morgan fingerprint density at radius 3 is 2.63 bits per heavy atom. The fraction of sp³-hybridized carbons (Fsp3) is 0.385. The number of nitrogens with one attached hydrogen (secondary N) is 1. The van der Waals surface area contributed by atoms with Crippen molar-refractivity contribution in [3.8, 4) is 0 Å². The van der Waals surface area contributed by atoms with Gasteiger partial charge in [-0.05, 0) is 31.0 Å². The van der Waals surface area contributed by atoms with Crippen LogP contribution in [0.2, 0.25) is 5.02 Å². The van der Waals surface area contributed by atoms with Crippen molar-refractivity contribution in [1.29, 1.82) is 0 Å². The topological polar surface area (TPSA) is 92.4 Å². The average Bonchev–Trinajstić information content (AvgIpc) is 2.77. The third kappa shape index (κ3) is 3.05. The van der Waals surface area contributed by atoms with E-state index in [9.17, 15) is 9.59 Å². The number of benzene rings is 1. The van der Waals surface area contributed by atoms with E-state index in [0.717, 1.165) is 19.3 Å². The first kappa shape index (κ1) is 13.8. The molecule has 19 heavy (non-hydrogen) atoms. The molecular weight excluding hydrogens is 268 g/mol. The average molecular weight is 283 g/mol. The van der Waals surface area contributed by atoms with Gasteiger partial charge in [-0.15, -0.1) is 0 Å². The van der Waals surface area contributed by atoms with E-state index >= 15 is 0 Å². The number of hydrogen-bond acceptors (Lipinski definition) is 3. The largest absolute Gasteiger partial charge is 0.478 e. The Labute approximate surface area is 115 Å². The van der Waals surface area contributed by atoms with Crippen LogP contribution in [-0.4, -0.2) is 23.0 Å². The van der Waals surface area contributed by atoms with Crippen molar-refractivity contribution in [3.05, 3.63) is 28.8 Å². The van der Waals surface area contributed by atoms with E-state index in [1.807, 2.05) is 0 Å². The fourth-order valence-electron chi connectivity index (χ4n) is 2.29. The van der Waals surface area contributed by atoms with E-state index in [1.54, 1.807) is 0 Å². The zero-order valence-electron chi connectivity index (χ0n) is 10.2. The van der Waals surface area contributed by atoms with Crippen molar-refractivity contribution >= 4 is 29.2 Å². The molecule has 0 spiro atoms. The van der Waals surface area contributed by atoms with Crippen molar-refractivity contribution in [2.75, 3.05) is 5.32 Å². The smallest absolute Gasteiger partial charge is 0.335 e. The van der Waals surface area contributed by atoms with Gasteiger partial charge in [-0.25, -0.2) is 4.79 Å². The Morgan fingerprint density at radius 1 is 1.37 bits per heavy atom. The lowest BCUT2D eigenvalue weighted by Gasteiger charge is -2.16. The maximum Gasteiger partial charge on any atom is 0.335 e. The van der Waals surface area contributed by atoms with Gasteiger partial charge in [-0.1, -0.05) is 18.0 Å². The van der Waals surface area contributed by atoms with E-state index in [0.29, 0.717) is 5.69 Å². The van der Waals surface area contributed by atoms with Gasteiger partial charge in [0.25, 0.3) is 0 Å². The number of anilines is 1. The number of carbonyl (C=O) groups is 2. The van der Waals surface area contributed by atoms with Crippen molar-refractivity contribution < 1.29 is 14.7 Å². The van der Waals surface area contributed by atoms with Crippen LogP contribution in [0.25, 0.3) is 0 Å². The zero-order chi connectivity index (χ0) is 14.0. The monoisotopic (exact) mass is 282 g/mol. The Hall–Kier alpha value is -1.59. The lowest BCUT2D eigenvalue weighted by atomic mass is 10.0. The summed E-state index contributed by atoms with van der Waals surface area (Å²) in [6.07, 6.45) is 2.58.